The van der Waals surface area contributed by atoms with Crippen LogP contribution < -0.4 is 5.73 Å². The molecule has 0 radical (unpaired) electrons. The molecule has 0 aliphatic heterocycles. The fourth-order valence-corrected chi connectivity index (χ4v) is 3.71. The lowest BCUT2D eigenvalue weighted by Gasteiger charge is -2.38. The number of hydrogen-bond donors (Lipinski definition) is 1. The Bertz CT molecular complexity index is 424. The van der Waals surface area contributed by atoms with Crippen LogP contribution in [0.5, 0.6) is 0 Å². The van der Waals surface area contributed by atoms with E-state index in [4.69, 9.17) is 5.73 Å². The van der Waals surface area contributed by atoms with Crippen LogP contribution in [0.15, 0.2) is 6.33 Å². The maximum Gasteiger partial charge on any atom is 0.138 e. The van der Waals surface area contributed by atoms with Gasteiger partial charge in [-0.15, -0.1) is 0 Å². The summed E-state index contributed by atoms with van der Waals surface area (Å²) in [5.74, 6) is 2.94. The first-order chi connectivity index (χ1) is 9.20. The second-order valence-electron chi connectivity index (χ2n) is 6.63. The first-order valence-corrected chi connectivity index (χ1v) is 7.86. The van der Waals surface area contributed by atoms with E-state index in [1.807, 2.05) is 4.68 Å². The first kappa shape index (κ1) is 13.1. The number of hydrogen-bond acceptors (Lipinski definition) is 3. The van der Waals surface area contributed by atoms with Gasteiger partial charge in [0.05, 0.1) is 0 Å². The molecule has 1 heterocycles. The lowest BCUT2D eigenvalue weighted by Crippen LogP contribution is -2.47. The Morgan fingerprint density at radius 3 is 2.95 bits per heavy atom. The van der Waals surface area contributed by atoms with Crippen molar-refractivity contribution in [1.29, 1.82) is 0 Å². The van der Waals surface area contributed by atoms with Crippen molar-refractivity contribution in [3.05, 3.63) is 12.2 Å². The molecular weight excluding hydrogens is 236 g/mol. The van der Waals surface area contributed by atoms with Crippen molar-refractivity contribution in [2.75, 3.05) is 0 Å². The molecule has 2 atom stereocenters. The van der Waals surface area contributed by atoms with E-state index in [0.29, 0.717) is 0 Å². The largest absolute Gasteiger partial charge is 0.325 e. The predicted octanol–water partition coefficient (Wildman–Crippen LogP) is 2.53. The molecule has 4 nitrogen and oxygen atoms in total. The Labute approximate surface area is 115 Å². The molecule has 1 aromatic heterocycles. The molecule has 0 aromatic carbocycles. The minimum Gasteiger partial charge on any atom is -0.325 e. The van der Waals surface area contributed by atoms with Gasteiger partial charge < -0.3 is 5.73 Å². The van der Waals surface area contributed by atoms with Crippen LogP contribution >= 0.6 is 0 Å². The number of nitrogens with zero attached hydrogens (tertiary/aromatic N) is 3. The number of nitrogens with two attached hydrogens (primary N) is 1. The summed E-state index contributed by atoms with van der Waals surface area (Å²) in [5.41, 5.74) is 6.65. The fraction of sp³-hybridized carbons (Fsp3) is 0.867. The summed E-state index contributed by atoms with van der Waals surface area (Å²) >= 11 is 0. The third kappa shape index (κ3) is 2.99. The molecule has 2 aliphatic carbocycles. The predicted molar refractivity (Wildman–Crippen MR) is 75.6 cm³/mol. The lowest BCUT2D eigenvalue weighted by atomic mass is 9.72. The van der Waals surface area contributed by atoms with Crippen molar-refractivity contribution in [2.24, 2.45) is 17.6 Å². The molecule has 2 aliphatic rings. The minimum atomic E-state index is -0.0377. The SMILES string of the molecule is CCCn1ncnc1CC1(N)CCCC(C2CC2)C1. The van der Waals surface area contributed by atoms with Crippen LogP contribution in [-0.4, -0.2) is 20.3 Å². The van der Waals surface area contributed by atoms with E-state index in [2.05, 4.69) is 17.0 Å². The zero-order valence-corrected chi connectivity index (χ0v) is 12.0. The zero-order chi connectivity index (χ0) is 13.3. The summed E-state index contributed by atoms with van der Waals surface area (Å²) in [6.45, 7) is 3.13. The number of aryl methyl sites for hydroxylation is 1. The molecule has 106 valence electrons. The summed E-state index contributed by atoms with van der Waals surface area (Å²) in [6.07, 6.45) is 11.6. The van der Waals surface area contributed by atoms with E-state index >= 15 is 0 Å². The third-order valence-electron chi connectivity index (χ3n) is 4.85. The topological polar surface area (TPSA) is 56.7 Å². The van der Waals surface area contributed by atoms with E-state index in [-0.39, 0.29) is 5.54 Å². The smallest absolute Gasteiger partial charge is 0.138 e. The molecular formula is C15H26N4. The molecule has 19 heavy (non-hydrogen) atoms. The van der Waals surface area contributed by atoms with E-state index in [1.165, 1.54) is 32.1 Å². The molecule has 2 fully saturated rings. The van der Waals surface area contributed by atoms with Gasteiger partial charge in [0, 0.05) is 18.5 Å². The highest BCUT2D eigenvalue weighted by molar-refractivity contribution is 5.02. The van der Waals surface area contributed by atoms with Gasteiger partial charge in [-0.25, -0.2) is 4.98 Å². The standard InChI is InChI=1S/C15H26N4/c1-2-8-19-14(17-11-18-19)10-15(16)7-3-4-13(9-15)12-5-6-12/h11-13H,2-10,16H2,1H3. The minimum absolute atomic E-state index is 0.0377. The highest BCUT2D eigenvalue weighted by Gasteiger charge is 2.40. The molecule has 0 amide bonds. The summed E-state index contributed by atoms with van der Waals surface area (Å²) in [6, 6.07) is 0. The first-order valence-electron chi connectivity index (χ1n) is 7.86. The summed E-state index contributed by atoms with van der Waals surface area (Å²) in [4.78, 5) is 4.43. The monoisotopic (exact) mass is 262 g/mol. The van der Waals surface area contributed by atoms with Crippen LogP contribution in [0.3, 0.4) is 0 Å². The van der Waals surface area contributed by atoms with E-state index in [1.54, 1.807) is 6.33 Å². The molecule has 0 saturated heterocycles. The van der Waals surface area contributed by atoms with Gasteiger partial charge in [-0.3, -0.25) is 4.68 Å². The van der Waals surface area contributed by atoms with Gasteiger partial charge >= 0.3 is 0 Å². The average molecular weight is 262 g/mol. The quantitative estimate of drug-likeness (QED) is 0.887. The van der Waals surface area contributed by atoms with E-state index < -0.39 is 0 Å². The lowest BCUT2D eigenvalue weighted by molar-refractivity contribution is 0.200. The average Bonchev–Trinajstić information content (AvgIpc) is 3.14. The molecule has 2 N–H and O–H groups in total. The van der Waals surface area contributed by atoms with Crippen molar-refractivity contribution < 1.29 is 0 Å². The van der Waals surface area contributed by atoms with Crippen LogP contribution in [-0.2, 0) is 13.0 Å². The van der Waals surface area contributed by atoms with Gasteiger partial charge in [0.2, 0.25) is 0 Å². The van der Waals surface area contributed by atoms with E-state index in [0.717, 1.165) is 43.5 Å². The molecule has 2 saturated carbocycles. The summed E-state index contributed by atoms with van der Waals surface area (Å²) < 4.78 is 2.04. The maximum absolute atomic E-state index is 6.69. The van der Waals surface area contributed by atoms with Crippen LogP contribution in [0.25, 0.3) is 0 Å². The van der Waals surface area contributed by atoms with Crippen molar-refractivity contribution in [2.45, 2.75) is 70.4 Å². The molecule has 3 rings (SSSR count). The van der Waals surface area contributed by atoms with Gasteiger partial charge in [-0.1, -0.05) is 19.8 Å². The van der Waals surface area contributed by atoms with Gasteiger partial charge in [0.15, 0.2) is 0 Å². The molecule has 0 bridgehead atoms. The normalized spacial score (nSPS) is 31.6. The van der Waals surface area contributed by atoms with Crippen LogP contribution in [0.4, 0.5) is 0 Å². The third-order valence-corrected chi connectivity index (χ3v) is 4.85. The maximum atomic E-state index is 6.69. The Kier molecular flexibility index (Phi) is 3.61. The van der Waals surface area contributed by atoms with Crippen LogP contribution in [0.1, 0.15) is 57.7 Å². The Morgan fingerprint density at radius 2 is 2.21 bits per heavy atom. The Balaban J connectivity index is 1.67. The van der Waals surface area contributed by atoms with E-state index in [9.17, 15) is 0 Å². The van der Waals surface area contributed by atoms with Crippen molar-refractivity contribution >= 4 is 0 Å². The highest BCUT2D eigenvalue weighted by atomic mass is 15.3. The van der Waals surface area contributed by atoms with Crippen molar-refractivity contribution in [3.8, 4) is 0 Å². The van der Waals surface area contributed by atoms with Crippen LogP contribution in [0, 0.1) is 11.8 Å². The van der Waals surface area contributed by atoms with Gasteiger partial charge in [-0.2, -0.15) is 5.10 Å². The van der Waals surface area contributed by atoms with Gasteiger partial charge in [0.25, 0.3) is 0 Å². The van der Waals surface area contributed by atoms with Crippen molar-refractivity contribution in [1.82, 2.24) is 14.8 Å². The summed E-state index contributed by atoms with van der Waals surface area (Å²) in [7, 11) is 0. The van der Waals surface area contributed by atoms with Gasteiger partial charge in [-0.05, 0) is 43.9 Å². The highest BCUT2D eigenvalue weighted by Crippen LogP contribution is 2.46. The van der Waals surface area contributed by atoms with Crippen LogP contribution in [0.2, 0.25) is 0 Å². The second-order valence-corrected chi connectivity index (χ2v) is 6.63. The molecule has 4 heteroatoms. The van der Waals surface area contributed by atoms with Gasteiger partial charge in [0.1, 0.15) is 12.2 Å². The van der Waals surface area contributed by atoms with Crippen molar-refractivity contribution in [3.63, 3.8) is 0 Å². The zero-order valence-electron chi connectivity index (χ0n) is 12.0. The molecule has 1 aromatic rings. The molecule has 0 spiro atoms. The number of aromatic nitrogens is 3. The fourth-order valence-electron chi connectivity index (χ4n) is 3.71. The Hall–Kier alpha value is -0.900. The summed E-state index contributed by atoms with van der Waals surface area (Å²) in [5, 5.41) is 4.32. The number of rotatable bonds is 5. The second kappa shape index (κ2) is 5.23. The molecule has 2 unspecified atom stereocenters. The Morgan fingerprint density at radius 1 is 1.37 bits per heavy atom.